The molecule has 0 saturated heterocycles. The van der Waals surface area contributed by atoms with Gasteiger partial charge in [0.05, 0.1) is 0 Å². The van der Waals surface area contributed by atoms with Gasteiger partial charge in [0.2, 0.25) is 0 Å². The van der Waals surface area contributed by atoms with Crippen LogP contribution in [0.25, 0.3) is 0 Å². The number of hydrogen-bond acceptors (Lipinski definition) is 3. The summed E-state index contributed by atoms with van der Waals surface area (Å²) < 4.78 is 5.67. The van der Waals surface area contributed by atoms with Crippen LogP contribution in [-0.4, -0.2) is 19.1 Å². The number of oxime groups is 1. The van der Waals surface area contributed by atoms with E-state index in [1.807, 2.05) is 18.2 Å². The zero-order chi connectivity index (χ0) is 13.1. The highest BCUT2D eigenvalue weighted by Gasteiger charge is 2.39. The lowest BCUT2D eigenvalue weighted by atomic mass is 10.2. The first-order chi connectivity index (χ1) is 7.74. The van der Waals surface area contributed by atoms with E-state index in [2.05, 4.69) is 44.0 Å². The minimum atomic E-state index is -1.90. The summed E-state index contributed by atoms with van der Waals surface area (Å²) >= 11 is 0. The maximum Gasteiger partial charge on any atom is 0.286 e. The summed E-state index contributed by atoms with van der Waals surface area (Å²) in [5.41, 5.74) is 6.47. The molecule has 0 saturated carbocycles. The van der Waals surface area contributed by atoms with Crippen LogP contribution in [0.3, 0.4) is 0 Å². The van der Waals surface area contributed by atoms with E-state index in [0.717, 1.165) is 0 Å². The van der Waals surface area contributed by atoms with E-state index in [-0.39, 0.29) is 5.04 Å². The topological polar surface area (TPSA) is 60.5 Å². The summed E-state index contributed by atoms with van der Waals surface area (Å²) in [6.45, 7) is 10.7. The molecule has 2 N–H and O–H groups in total. The summed E-state index contributed by atoms with van der Waals surface area (Å²) in [5, 5.41) is 4.14. The van der Waals surface area contributed by atoms with Crippen LogP contribution in [0, 0.1) is 0 Å². The van der Waals surface area contributed by atoms with Crippen LogP contribution < -0.4 is 5.73 Å². The predicted octanol–water partition coefficient (Wildman–Crippen LogP) is 2.72. The Hall–Kier alpha value is -1.36. The Labute approximate surface area is 104 Å². The summed E-state index contributed by atoms with van der Waals surface area (Å²) in [5.74, 6) is 0.329. The third-order valence-electron chi connectivity index (χ3n) is 3.11. The Morgan fingerprint density at radius 1 is 1.35 bits per heavy atom. The van der Waals surface area contributed by atoms with Gasteiger partial charge in [-0.3, -0.25) is 4.98 Å². The lowest BCUT2D eigenvalue weighted by molar-refractivity contribution is 0.307. The summed E-state index contributed by atoms with van der Waals surface area (Å²) in [6, 6.07) is 5.52. The number of aromatic nitrogens is 1. The third-order valence-corrected chi connectivity index (χ3v) is 7.27. The Kier molecular flexibility index (Phi) is 3.93. The van der Waals surface area contributed by atoms with Crippen molar-refractivity contribution < 1.29 is 4.53 Å². The van der Waals surface area contributed by atoms with E-state index in [1.54, 1.807) is 6.20 Å². The minimum absolute atomic E-state index is 0.112. The average molecular weight is 251 g/mol. The predicted molar refractivity (Wildman–Crippen MR) is 73.2 cm³/mol. The highest BCUT2D eigenvalue weighted by Crippen LogP contribution is 2.36. The smallest absolute Gasteiger partial charge is 0.286 e. The molecule has 1 aromatic heterocycles. The van der Waals surface area contributed by atoms with Gasteiger partial charge < -0.3 is 10.3 Å². The Morgan fingerprint density at radius 3 is 2.47 bits per heavy atom. The van der Waals surface area contributed by atoms with Gasteiger partial charge in [-0.25, -0.2) is 0 Å². The van der Waals surface area contributed by atoms with E-state index >= 15 is 0 Å². The molecular formula is C12H21N3OSi. The van der Waals surface area contributed by atoms with Crippen LogP contribution in [0.1, 0.15) is 26.5 Å². The second-order valence-electron chi connectivity index (χ2n) is 5.54. The van der Waals surface area contributed by atoms with Gasteiger partial charge in [-0.05, 0) is 30.3 Å². The zero-order valence-corrected chi connectivity index (χ0v) is 12.2. The second kappa shape index (κ2) is 4.87. The molecule has 1 heterocycles. The molecule has 0 radical (unpaired) electrons. The van der Waals surface area contributed by atoms with Crippen molar-refractivity contribution >= 4 is 14.2 Å². The first-order valence-corrected chi connectivity index (χ1v) is 8.58. The van der Waals surface area contributed by atoms with Crippen molar-refractivity contribution in [2.75, 3.05) is 0 Å². The van der Waals surface area contributed by atoms with Gasteiger partial charge in [0, 0.05) is 6.20 Å². The maximum absolute atomic E-state index is 5.83. The zero-order valence-electron chi connectivity index (χ0n) is 11.2. The number of hydrogen-bond donors (Lipinski definition) is 1. The normalized spacial score (nSPS) is 13.6. The van der Waals surface area contributed by atoms with Crippen molar-refractivity contribution in [2.24, 2.45) is 10.9 Å². The van der Waals surface area contributed by atoms with E-state index in [9.17, 15) is 0 Å². The Morgan fingerprint density at radius 2 is 2.00 bits per heavy atom. The second-order valence-corrected chi connectivity index (χ2v) is 10.2. The number of amidine groups is 1. The molecule has 0 aliphatic carbocycles. The third kappa shape index (κ3) is 3.56. The largest absolute Gasteiger partial charge is 0.453 e. The number of nitrogens with zero attached hydrogens (tertiary/aromatic N) is 2. The monoisotopic (exact) mass is 251 g/mol. The molecule has 0 atom stereocenters. The lowest BCUT2D eigenvalue weighted by Crippen LogP contribution is -2.39. The van der Waals surface area contributed by atoms with Crippen molar-refractivity contribution in [2.45, 2.75) is 38.9 Å². The molecule has 17 heavy (non-hydrogen) atoms. The fourth-order valence-corrected chi connectivity index (χ4v) is 1.46. The lowest BCUT2D eigenvalue weighted by Gasteiger charge is -2.33. The SMILES string of the molecule is CC(C)(C)[Si](C)(C)O/N=C(\N)c1ccccn1. The van der Waals surface area contributed by atoms with Crippen LogP contribution in [0.15, 0.2) is 29.6 Å². The van der Waals surface area contributed by atoms with Crippen molar-refractivity contribution in [1.82, 2.24) is 4.98 Å². The van der Waals surface area contributed by atoms with Gasteiger partial charge in [-0.2, -0.15) is 0 Å². The highest BCUT2D eigenvalue weighted by molar-refractivity contribution is 6.74. The number of nitrogens with two attached hydrogens (primary N) is 1. The molecule has 0 aliphatic rings. The van der Waals surface area contributed by atoms with Crippen molar-refractivity contribution in [3.8, 4) is 0 Å². The van der Waals surface area contributed by atoms with Crippen LogP contribution >= 0.6 is 0 Å². The van der Waals surface area contributed by atoms with Crippen LogP contribution in [0.5, 0.6) is 0 Å². The summed E-state index contributed by atoms with van der Waals surface area (Å²) in [7, 11) is -1.90. The molecule has 0 bridgehead atoms. The molecule has 0 unspecified atom stereocenters. The van der Waals surface area contributed by atoms with Gasteiger partial charge in [0.25, 0.3) is 8.32 Å². The van der Waals surface area contributed by atoms with Crippen LogP contribution in [0.4, 0.5) is 0 Å². The van der Waals surface area contributed by atoms with Gasteiger partial charge >= 0.3 is 0 Å². The van der Waals surface area contributed by atoms with Crippen LogP contribution in [0.2, 0.25) is 18.1 Å². The molecule has 0 amide bonds. The van der Waals surface area contributed by atoms with Gasteiger partial charge in [-0.15, -0.1) is 0 Å². The van der Waals surface area contributed by atoms with Gasteiger partial charge in [-0.1, -0.05) is 32.0 Å². The quantitative estimate of drug-likeness (QED) is 0.389. The van der Waals surface area contributed by atoms with Gasteiger partial charge in [0.15, 0.2) is 5.84 Å². The first-order valence-electron chi connectivity index (χ1n) is 5.67. The average Bonchev–Trinajstić information content (AvgIpc) is 2.25. The Balaban J connectivity index is 2.79. The summed E-state index contributed by atoms with van der Waals surface area (Å²) in [6.07, 6.45) is 1.68. The van der Waals surface area contributed by atoms with Crippen molar-refractivity contribution in [3.63, 3.8) is 0 Å². The molecule has 0 fully saturated rings. The van der Waals surface area contributed by atoms with Crippen LogP contribution in [-0.2, 0) is 4.53 Å². The highest BCUT2D eigenvalue weighted by atomic mass is 28.4. The van der Waals surface area contributed by atoms with E-state index in [0.29, 0.717) is 11.5 Å². The van der Waals surface area contributed by atoms with E-state index in [1.165, 1.54) is 0 Å². The molecule has 94 valence electrons. The van der Waals surface area contributed by atoms with Crippen molar-refractivity contribution in [1.29, 1.82) is 0 Å². The number of pyridine rings is 1. The molecular weight excluding hydrogens is 230 g/mol. The molecule has 0 spiro atoms. The molecule has 1 aromatic rings. The standard InChI is InChI=1S/C12H21N3OSi/c1-12(2,3)17(4,5)16-15-11(13)10-8-6-7-9-14-10/h6-9H,1-5H3,(H2,13,15). The van der Waals surface area contributed by atoms with Gasteiger partial charge in [0.1, 0.15) is 5.69 Å². The molecule has 0 aromatic carbocycles. The Bertz CT molecular complexity index is 396. The first kappa shape index (κ1) is 13.7. The van der Waals surface area contributed by atoms with E-state index in [4.69, 9.17) is 10.3 Å². The van der Waals surface area contributed by atoms with Crippen molar-refractivity contribution in [3.05, 3.63) is 30.1 Å². The number of rotatable bonds is 3. The minimum Gasteiger partial charge on any atom is -0.453 e. The fourth-order valence-electron chi connectivity index (χ4n) is 0.861. The molecule has 4 nitrogen and oxygen atoms in total. The van der Waals surface area contributed by atoms with E-state index < -0.39 is 8.32 Å². The summed E-state index contributed by atoms with van der Waals surface area (Å²) in [4.78, 5) is 4.12. The molecule has 5 heteroatoms. The molecule has 0 aliphatic heterocycles. The maximum atomic E-state index is 5.83. The fraction of sp³-hybridized carbons (Fsp3) is 0.500. The molecule has 1 rings (SSSR count).